The summed E-state index contributed by atoms with van der Waals surface area (Å²) in [6.07, 6.45) is 0. The van der Waals surface area contributed by atoms with Crippen LogP contribution < -0.4 is 11.1 Å². The zero-order chi connectivity index (χ0) is 13.8. The Morgan fingerprint density at radius 3 is 2.42 bits per heavy atom. The second-order valence-electron chi connectivity index (χ2n) is 4.27. The van der Waals surface area contributed by atoms with Crippen LogP contribution in [0.5, 0.6) is 0 Å². The fourth-order valence-corrected chi connectivity index (χ4v) is 1.77. The number of halogens is 1. The average Bonchev–Trinajstić information content (AvgIpc) is 2.39. The molecule has 0 aliphatic carbocycles. The Balaban J connectivity index is 2.19. The summed E-state index contributed by atoms with van der Waals surface area (Å²) >= 11 is 5.96. The molecular formula is C13H16ClN5. The lowest BCUT2D eigenvalue weighted by atomic mass is 10.1. The molecule has 3 N–H and O–H groups in total. The molecule has 1 heterocycles. The van der Waals surface area contributed by atoms with E-state index in [1.165, 1.54) is 0 Å². The van der Waals surface area contributed by atoms with Gasteiger partial charge in [0.1, 0.15) is 0 Å². The van der Waals surface area contributed by atoms with E-state index in [1.807, 2.05) is 37.3 Å². The van der Waals surface area contributed by atoms with Gasteiger partial charge in [-0.1, -0.05) is 30.3 Å². The van der Waals surface area contributed by atoms with E-state index in [1.54, 1.807) is 6.92 Å². The number of aromatic nitrogens is 3. The monoisotopic (exact) mass is 277 g/mol. The van der Waals surface area contributed by atoms with Gasteiger partial charge in [-0.25, -0.2) is 0 Å². The average molecular weight is 278 g/mol. The predicted octanol–water partition coefficient (Wildman–Crippen LogP) is 2.93. The van der Waals surface area contributed by atoms with Gasteiger partial charge in [0.2, 0.25) is 11.9 Å². The van der Waals surface area contributed by atoms with Gasteiger partial charge >= 0.3 is 0 Å². The lowest BCUT2D eigenvalue weighted by Crippen LogP contribution is -2.13. The third-order valence-electron chi connectivity index (χ3n) is 2.67. The minimum Gasteiger partial charge on any atom is -0.368 e. The molecule has 19 heavy (non-hydrogen) atoms. The molecule has 0 saturated heterocycles. The van der Waals surface area contributed by atoms with Crippen LogP contribution in [0.25, 0.3) is 0 Å². The fraction of sp³-hybridized carbons (Fsp3) is 0.308. The van der Waals surface area contributed by atoms with Gasteiger partial charge in [0.25, 0.3) is 0 Å². The Kier molecular flexibility index (Phi) is 4.16. The van der Waals surface area contributed by atoms with Crippen molar-refractivity contribution in [1.82, 2.24) is 15.0 Å². The Morgan fingerprint density at radius 2 is 1.79 bits per heavy atom. The van der Waals surface area contributed by atoms with E-state index in [-0.39, 0.29) is 17.4 Å². The van der Waals surface area contributed by atoms with Crippen molar-refractivity contribution in [1.29, 1.82) is 0 Å². The number of rotatable bonds is 4. The van der Waals surface area contributed by atoms with Crippen LogP contribution in [0, 0.1) is 0 Å². The van der Waals surface area contributed by atoms with Crippen LogP contribution in [0.2, 0.25) is 0 Å². The van der Waals surface area contributed by atoms with Gasteiger partial charge in [-0.05, 0) is 19.4 Å². The Bertz CT molecular complexity index is 544. The maximum Gasteiger partial charge on any atom is 0.228 e. The summed E-state index contributed by atoms with van der Waals surface area (Å²) in [6.45, 7) is 3.82. The second kappa shape index (κ2) is 5.84. The van der Waals surface area contributed by atoms with E-state index < -0.39 is 0 Å². The van der Waals surface area contributed by atoms with Gasteiger partial charge < -0.3 is 11.1 Å². The minimum atomic E-state index is -0.308. The smallest absolute Gasteiger partial charge is 0.228 e. The normalized spacial score (nSPS) is 13.8. The number of nitrogens with zero attached hydrogens (tertiary/aromatic N) is 3. The van der Waals surface area contributed by atoms with Gasteiger partial charge in [0.15, 0.2) is 5.82 Å². The molecule has 2 unspecified atom stereocenters. The highest BCUT2D eigenvalue weighted by molar-refractivity contribution is 6.20. The van der Waals surface area contributed by atoms with E-state index in [4.69, 9.17) is 17.3 Å². The van der Waals surface area contributed by atoms with Crippen LogP contribution in [0.1, 0.15) is 36.7 Å². The number of hydrogen-bond acceptors (Lipinski definition) is 5. The molecule has 5 nitrogen and oxygen atoms in total. The minimum absolute atomic E-state index is 0.0708. The molecule has 1 aromatic heterocycles. The molecule has 0 bridgehead atoms. The maximum atomic E-state index is 5.96. The molecule has 100 valence electrons. The first-order valence-electron chi connectivity index (χ1n) is 6.03. The van der Waals surface area contributed by atoms with Crippen LogP contribution in [-0.2, 0) is 0 Å². The standard InChI is InChI=1S/C13H16ClN5/c1-8(14)11-17-12(15)19-13(18-11)16-9(2)10-6-4-3-5-7-10/h3-9H,1-2H3,(H3,15,16,17,18,19). The fourth-order valence-electron chi connectivity index (χ4n) is 1.67. The SMILES string of the molecule is CC(Cl)c1nc(N)nc(NC(C)c2ccccc2)n1. The molecule has 0 aliphatic heterocycles. The summed E-state index contributed by atoms with van der Waals surface area (Å²) in [5.74, 6) is 1.07. The zero-order valence-electron chi connectivity index (χ0n) is 10.8. The van der Waals surface area contributed by atoms with Crippen molar-refractivity contribution >= 4 is 23.5 Å². The number of alkyl halides is 1. The van der Waals surface area contributed by atoms with Crippen molar-refractivity contribution in [3.8, 4) is 0 Å². The first-order valence-corrected chi connectivity index (χ1v) is 6.47. The molecule has 0 saturated carbocycles. The molecule has 0 spiro atoms. The number of nitrogen functional groups attached to an aromatic ring is 1. The molecule has 0 aliphatic rings. The van der Waals surface area contributed by atoms with Crippen molar-refractivity contribution < 1.29 is 0 Å². The van der Waals surface area contributed by atoms with Crippen LogP contribution in [0.3, 0.4) is 0 Å². The number of anilines is 2. The Labute approximate surface area is 117 Å². The number of nitrogens with one attached hydrogen (secondary N) is 1. The number of benzene rings is 1. The van der Waals surface area contributed by atoms with E-state index >= 15 is 0 Å². The topological polar surface area (TPSA) is 76.7 Å². The summed E-state index contributed by atoms with van der Waals surface area (Å²) in [6, 6.07) is 10.1. The molecule has 0 fully saturated rings. The highest BCUT2D eigenvalue weighted by atomic mass is 35.5. The summed E-state index contributed by atoms with van der Waals surface area (Å²) in [4.78, 5) is 12.3. The largest absolute Gasteiger partial charge is 0.368 e. The van der Waals surface area contributed by atoms with Crippen molar-refractivity contribution in [2.45, 2.75) is 25.3 Å². The molecule has 0 amide bonds. The van der Waals surface area contributed by atoms with Crippen LogP contribution in [0.15, 0.2) is 30.3 Å². The van der Waals surface area contributed by atoms with Crippen LogP contribution in [0.4, 0.5) is 11.9 Å². The zero-order valence-corrected chi connectivity index (χ0v) is 11.6. The van der Waals surface area contributed by atoms with Crippen LogP contribution in [-0.4, -0.2) is 15.0 Å². The summed E-state index contributed by atoms with van der Waals surface area (Å²) in [5.41, 5.74) is 6.79. The van der Waals surface area contributed by atoms with Gasteiger partial charge in [-0.15, -0.1) is 11.6 Å². The maximum absolute atomic E-state index is 5.96. The molecule has 6 heteroatoms. The van der Waals surface area contributed by atoms with Crippen molar-refractivity contribution in [2.75, 3.05) is 11.1 Å². The predicted molar refractivity (Wildman–Crippen MR) is 77.0 cm³/mol. The van der Waals surface area contributed by atoms with Crippen molar-refractivity contribution in [2.24, 2.45) is 0 Å². The molecule has 1 aromatic carbocycles. The van der Waals surface area contributed by atoms with E-state index in [9.17, 15) is 0 Å². The van der Waals surface area contributed by atoms with Crippen molar-refractivity contribution in [3.63, 3.8) is 0 Å². The number of hydrogen-bond donors (Lipinski definition) is 2. The first kappa shape index (κ1) is 13.5. The van der Waals surface area contributed by atoms with Gasteiger partial charge in [-0.2, -0.15) is 15.0 Å². The van der Waals surface area contributed by atoms with E-state index in [0.717, 1.165) is 5.56 Å². The quantitative estimate of drug-likeness (QED) is 0.840. The summed E-state index contributed by atoms with van der Waals surface area (Å²) in [7, 11) is 0. The van der Waals surface area contributed by atoms with Gasteiger partial charge in [0.05, 0.1) is 11.4 Å². The van der Waals surface area contributed by atoms with E-state index in [0.29, 0.717) is 11.8 Å². The lowest BCUT2D eigenvalue weighted by Gasteiger charge is -2.15. The Hall–Kier alpha value is -1.88. The third-order valence-corrected chi connectivity index (χ3v) is 2.87. The lowest BCUT2D eigenvalue weighted by molar-refractivity contribution is 0.828. The van der Waals surface area contributed by atoms with E-state index in [2.05, 4.69) is 20.3 Å². The third kappa shape index (κ3) is 3.54. The highest BCUT2D eigenvalue weighted by Crippen LogP contribution is 2.20. The second-order valence-corrected chi connectivity index (χ2v) is 4.92. The molecule has 2 atom stereocenters. The summed E-state index contributed by atoms with van der Waals surface area (Å²) < 4.78 is 0. The first-order chi connectivity index (χ1) is 9.06. The molecule has 2 aromatic rings. The van der Waals surface area contributed by atoms with Crippen LogP contribution >= 0.6 is 11.6 Å². The van der Waals surface area contributed by atoms with Gasteiger partial charge in [0, 0.05) is 0 Å². The summed E-state index contributed by atoms with van der Waals surface area (Å²) in [5, 5.41) is 2.89. The van der Waals surface area contributed by atoms with Crippen molar-refractivity contribution in [3.05, 3.63) is 41.7 Å². The van der Waals surface area contributed by atoms with Gasteiger partial charge in [-0.3, -0.25) is 0 Å². The highest BCUT2D eigenvalue weighted by Gasteiger charge is 2.11. The molecule has 0 radical (unpaired) electrons. The Morgan fingerprint density at radius 1 is 1.11 bits per heavy atom. The molecular weight excluding hydrogens is 262 g/mol. The molecule has 2 rings (SSSR count). The number of nitrogens with two attached hydrogens (primary N) is 1.